The maximum Gasteiger partial charge on any atom is 0.251 e. The van der Waals surface area contributed by atoms with Gasteiger partial charge in [0, 0.05) is 43.9 Å². The van der Waals surface area contributed by atoms with Crippen molar-refractivity contribution in [3.05, 3.63) is 59.7 Å². The minimum atomic E-state index is -3.65. The van der Waals surface area contributed by atoms with E-state index in [1.165, 1.54) is 28.6 Å². The van der Waals surface area contributed by atoms with Gasteiger partial charge in [0.05, 0.1) is 17.1 Å². The first kappa shape index (κ1) is 23.4. The summed E-state index contributed by atoms with van der Waals surface area (Å²) in [7, 11) is -3.65. The highest BCUT2D eigenvalue weighted by Crippen LogP contribution is 2.23. The largest absolute Gasteiger partial charge is 0.373 e. The number of carbonyl (C=O) groups excluding carboxylic acids is 2. The SMILES string of the molecule is CC1CN(S(=O)(=O)c2ccc(C(=O)NCc3ccc(N4CCCC4=O)cc3)cc2)CC(C)O1. The van der Waals surface area contributed by atoms with Crippen LogP contribution in [0.4, 0.5) is 5.69 Å². The summed E-state index contributed by atoms with van der Waals surface area (Å²) >= 11 is 0. The summed E-state index contributed by atoms with van der Waals surface area (Å²) in [6.45, 7) is 5.39. The first-order chi connectivity index (χ1) is 15.7. The van der Waals surface area contributed by atoms with Crippen molar-refractivity contribution in [2.45, 2.75) is 50.3 Å². The van der Waals surface area contributed by atoms with Gasteiger partial charge in [-0.25, -0.2) is 8.42 Å². The molecule has 9 heteroatoms. The second-order valence-electron chi connectivity index (χ2n) is 8.60. The molecule has 0 aromatic heterocycles. The molecule has 2 heterocycles. The first-order valence-electron chi connectivity index (χ1n) is 11.2. The number of amides is 2. The Kier molecular flexibility index (Phi) is 6.83. The number of benzene rings is 2. The quantitative estimate of drug-likeness (QED) is 0.699. The summed E-state index contributed by atoms with van der Waals surface area (Å²) in [5.74, 6) is -0.148. The van der Waals surface area contributed by atoms with E-state index >= 15 is 0 Å². The molecule has 2 aliphatic rings. The molecule has 2 fully saturated rings. The lowest BCUT2D eigenvalue weighted by Crippen LogP contribution is -2.48. The Bertz CT molecular complexity index is 1110. The van der Waals surface area contributed by atoms with E-state index in [-0.39, 0.29) is 28.9 Å². The van der Waals surface area contributed by atoms with E-state index in [2.05, 4.69) is 5.32 Å². The Balaban J connectivity index is 1.36. The molecule has 2 atom stereocenters. The number of carbonyl (C=O) groups is 2. The number of nitrogens with zero attached hydrogens (tertiary/aromatic N) is 2. The van der Waals surface area contributed by atoms with E-state index in [9.17, 15) is 18.0 Å². The lowest BCUT2D eigenvalue weighted by atomic mass is 10.1. The molecule has 2 aromatic rings. The Morgan fingerprint density at radius 2 is 1.67 bits per heavy atom. The van der Waals surface area contributed by atoms with Gasteiger partial charge >= 0.3 is 0 Å². The summed E-state index contributed by atoms with van der Waals surface area (Å²) < 4.78 is 33.0. The lowest BCUT2D eigenvalue weighted by molar-refractivity contribution is -0.117. The van der Waals surface area contributed by atoms with Crippen LogP contribution in [0, 0.1) is 0 Å². The molecular weight excluding hydrogens is 442 g/mol. The van der Waals surface area contributed by atoms with Gasteiger partial charge in [-0.1, -0.05) is 12.1 Å². The maximum absolute atomic E-state index is 13.0. The zero-order valence-corrected chi connectivity index (χ0v) is 19.7. The summed E-state index contributed by atoms with van der Waals surface area (Å²) in [4.78, 5) is 26.3. The molecule has 0 spiro atoms. The van der Waals surface area contributed by atoms with Gasteiger partial charge in [0.25, 0.3) is 5.91 Å². The monoisotopic (exact) mass is 471 g/mol. The van der Waals surface area contributed by atoms with E-state index in [0.717, 1.165) is 24.2 Å². The van der Waals surface area contributed by atoms with Crippen LogP contribution in [0.2, 0.25) is 0 Å². The molecule has 4 rings (SSSR count). The molecule has 2 aromatic carbocycles. The van der Waals surface area contributed by atoms with Crippen LogP contribution < -0.4 is 10.2 Å². The Labute approximate surface area is 194 Å². The van der Waals surface area contributed by atoms with Crippen molar-refractivity contribution in [1.82, 2.24) is 9.62 Å². The molecule has 2 aliphatic heterocycles. The Morgan fingerprint density at radius 3 is 2.24 bits per heavy atom. The summed E-state index contributed by atoms with van der Waals surface area (Å²) in [6, 6.07) is 13.5. The predicted octanol–water partition coefficient (Wildman–Crippen LogP) is 2.54. The van der Waals surface area contributed by atoms with Gasteiger partial charge < -0.3 is 15.0 Å². The van der Waals surface area contributed by atoms with Crippen molar-refractivity contribution < 1.29 is 22.7 Å². The summed E-state index contributed by atoms with van der Waals surface area (Å²) in [5, 5.41) is 2.85. The minimum Gasteiger partial charge on any atom is -0.373 e. The van der Waals surface area contributed by atoms with Crippen molar-refractivity contribution in [2.75, 3.05) is 24.5 Å². The Hall–Kier alpha value is -2.75. The van der Waals surface area contributed by atoms with Gasteiger partial charge in [-0.05, 0) is 62.2 Å². The van der Waals surface area contributed by atoms with E-state index in [4.69, 9.17) is 4.74 Å². The van der Waals surface area contributed by atoms with Crippen LogP contribution in [0.25, 0.3) is 0 Å². The number of morpholine rings is 1. The van der Waals surface area contributed by atoms with E-state index in [1.54, 1.807) is 4.90 Å². The number of nitrogens with one attached hydrogen (secondary N) is 1. The fraction of sp³-hybridized carbons (Fsp3) is 0.417. The summed E-state index contributed by atoms with van der Waals surface area (Å²) in [5.41, 5.74) is 2.17. The van der Waals surface area contributed by atoms with Crippen molar-refractivity contribution >= 4 is 27.5 Å². The van der Waals surface area contributed by atoms with Gasteiger partial charge in [0.2, 0.25) is 15.9 Å². The molecule has 0 aliphatic carbocycles. The summed E-state index contributed by atoms with van der Waals surface area (Å²) in [6.07, 6.45) is 1.13. The molecule has 0 radical (unpaired) electrons. The third-order valence-corrected chi connectivity index (χ3v) is 7.76. The molecule has 33 heavy (non-hydrogen) atoms. The van der Waals surface area contributed by atoms with Crippen molar-refractivity contribution in [1.29, 1.82) is 0 Å². The molecule has 2 amide bonds. The van der Waals surface area contributed by atoms with Crippen LogP contribution in [-0.4, -0.2) is 56.4 Å². The lowest BCUT2D eigenvalue weighted by Gasteiger charge is -2.34. The fourth-order valence-corrected chi connectivity index (χ4v) is 5.84. The van der Waals surface area contributed by atoms with Crippen LogP contribution in [0.1, 0.15) is 42.6 Å². The number of hydrogen-bond donors (Lipinski definition) is 1. The Morgan fingerprint density at radius 1 is 1.03 bits per heavy atom. The smallest absolute Gasteiger partial charge is 0.251 e. The second-order valence-corrected chi connectivity index (χ2v) is 10.5. The normalized spacial score (nSPS) is 21.9. The van der Waals surface area contributed by atoms with Crippen LogP contribution in [0.15, 0.2) is 53.4 Å². The fourth-order valence-electron chi connectivity index (χ4n) is 4.25. The zero-order chi connectivity index (χ0) is 23.6. The number of sulfonamides is 1. The minimum absolute atomic E-state index is 0.138. The highest BCUT2D eigenvalue weighted by atomic mass is 32.2. The third kappa shape index (κ3) is 5.26. The average molecular weight is 472 g/mol. The standard InChI is InChI=1S/C24H29N3O5S/c1-17-15-26(16-18(2)32-17)33(30,31)22-11-7-20(8-12-22)24(29)25-14-19-5-9-21(10-6-19)27-13-3-4-23(27)28/h5-12,17-18H,3-4,13-16H2,1-2H3,(H,25,29). The van der Waals surface area contributed by atoms with Gasteiger partial charge in [-0.15, -0.1) is 0 Å². The van der Waals surface area contributed by atoms with E-state index in [0.29, 0.717) is 31.6 Å². The van der Waals surface area contributed by atoms with E-state index in [1.807, 2.05) is 38.1 Å². The third-order valence-electron chi connectivity index (χ3n) is 5.91. The number of rotatable bonds is 6. The topological polar surface area (TPSA) is 96.0 Å². The molecule has 176 valence electrons. The molecule has 0 saturated carbocycles. The van der Waals surface area contributed by atoms with Crippen molar-refractivity contribution in [2.24, 2.45) is 0 Å². The highest BCUT2D eigenvalue weighted by molar-refractivity contribution is 7.89. The zero-order valence-electron chi connectivity index (χ0n) is 18.9. The van der Waals surface area contributed by atoms with Gasteiger partial charge in [0.15, 0.2) is 0 Å². The van der Waals surface area contributed by atoms with E-state index < -0.39 is 10.0 Å². The number of anilines is 1. The first-order valence-corrected chi connectivity index (χ1v) is 12.6. The second kappa shape index (κ2) is 9.62. The predicted molar refractivity (Wildman–Crippen MR) is 124 cm³/mol. The van der Waals surface area contributed by atoms with Crippen molar-refractivity contribution in [3.8, 4) is 0 Å². The molecule has 2 unspecified atom stereocenters. The van der Waals surface area contributed by atoms with Crippen molar-refractivity contribution in [3.63, 3.8) is 0 Å². The van der Waals surface area contributed by atoms with Gasteiger partial charge in [-0.3, -0.25) is 9.59 Å². The molecule has 8 nitrogen and oxygen atoms in total. The van der Waals surface area contributed by atoms with Crippen LogP contribution in [0.3, 0.4) is 0 Å². The molecule has 1 N–H and O–H groups in total. The molecule has 2 saturated heterocycles. The maximum atomic E-state index is 13.0. The molecule has 0 bridgehead atoms. The van der Waals surface area contributed by atoms with Crippen LogP contribution in [-0.2, 0) is 26.1 Å². The van der Waals surface area contributed by atoms with Gasteiger partial charge in [-0.2, -0.15) is 4.31 Å². The van der Waals surface area contributed by atoms with Crippen LogP contribution in [0.5, 0.6) is 0 Å². The number of ether oxygens (including phenoxy) is 1. The van der Waals surface area contributed by atoms with Gasteiger partial charge in [0.1, 0.15) is 0 Å². The number of hydrogen-bond acceptors (Lipinski definition) is 5. The average Bonchev–Trinajstić information content (AvgIpc) is 3.23. The van der Waals surface area contributed by atoms with Crippen LogP contribution >= 0.6 is 0 Å². The molecular formula is C24H29N3O5S. The highest BCUT2D eigenvalue weighted by Gasteiger charge is 2.32.